The zero-order chi connectivity index (χ0) is 20.4. The molecule has 1 aliphatic rings. The van der Waals surface area contributed by atoms with Gasteiger partial charge in [-0.05, 0) is 60.7 Å². The Kier molecular flexibility index (Phi) is 4.70. The van der Waals surface area contributed by atoms with E-state index >= 15 is 0 Å². The molecule has 0 radical (unpaired) electrons. The van der Waals surface area contributed by atoms with Gasteiger partial charge >= 0.3 is 6.03 Å². The topological polar surface area (TPSA) is 87.7 Å². The summed E-state index contributed by atoms with van der Waals surface area (Å²) in [6.45, 7) is 0. The van der Waals surface area contributed by atoms with Crippen LogP contribution in [0.25, 0.3) is 0 Å². The van der Waals surface area contributed by atoms with Gasteiger partial charge in [-0.1, -0.05) is 12.1 Å². The van der Waals surface area contributed by atoms with E-state index in [0.29, 0.717) is 33.9 Å². The van der Waals surface area contributed by atoms with Crippen LogP contribution >= 0.6 is 0 Å². The number of methoxy groups -OCH3 is 1. The Morgan fingerprint density at radius 3 is 1.72 bits per heavy atom. The number of ether oxygens (including phenoxy) is 1. The summed E-state index contributed by atoms with van der Waals surface area (Å²) >= 11 is 0. The fraction of sp³-hybridized carbons (Fsp3) is 0.0455. The van der Waals surface area contributed by atoms with Gasteiger partial charge in [0, 0.05) is 11.4 Å². The van der Waals surface area contributed by atoms with Crippen molar-refractivity contribution in [3.63, 3.8) is 0 Å². The Balaban J connectivity index is 1.44. The van der Waals surface area contributed by atoms with Crippen LogP contribution in [0.5, 0.6) is 5.75 Å². The molecule has 1 heterocycles. The van der Waals surface area contributed by atoms with Crippen LogP contribution in [-0.2, 0) is 0 Å². The summed E-state index contributed by atoms with van der Waals surface area (Å²) in [6, 6.07) is 19.7. The third kappa shape index (κ3) is 3.53. The highest BCUT2D eigenvalue weighted by Crippen LogP contribution is 2.29. The summed E-state index contributed by atoms with van der Waals surface area (Å²) in [7, 11) is 1.57. The van der Waals surface area contributed by atoms with Crippen molar-refractivity contribution < 1.29 is 19.1 Å². The second-order valence-electron chi connectivity index (χ2n) is 6.35. The molecule has 0 unspecified atom stereocenters. The molecule has 2 N–H and O–H groups in total. The molecule has 3 aromatic carbocycles. The minimum Gasteiger partial charge on any atom is -0.497 e. The summed E-state index contributed by atoms with van der Waals surface area (Å²) in [6.07, 6.45) is 0. The average molecular weight is 387 g/mol. The lowest BCUT2D eigenvalue weighted by atomic mass is 10.1. The van der Waals surface area contributed by atoms with Crippen LogP contribution in [0.4, 0.5) is 21.9 Å². The van der Waals surface area contributed by atoms with E-state index in [2.05, 4.69) is 10.6 Å². The van der Waals surface area contributed by atoms with E-state index < -0.39 is 6.03 Å². The van der Waals surface area contributed by atoms with Gasteiger partial charge in [-0.3, -0.25) is 9.59 Å². The van der Waals surface area contributed by atoms with E-state index in [9.17, 15) is 14.4 Å². The fourth-order valence-electron chi connectivity index (χ4n) is 3.09. The molecule has 0 fully saturated rings. The standard InChI is InChI=1S/C22H17N3O4/c1-29-17-12-8-15(9-13-17)24-22(28)23-14-6-10-16(11-7-14)25-20(26)18-4-2-3-5-19(18)21(25)27/h2-13H,1H3,(H2,23,24,28). The predicted octanol–water partition coefficient (Wildman–Crippen LogP) is 4.14. The molecule has 0 saturated carbocycles. The van der Waals surface area contributed by atoms with Crippen LogP contribution in [0.2, 0.25) is 0 Å². The number of carbonyl (C=O) groups excluding carboxylic acids is 3. The number of imide groups is 1. The average Bonchev–Trinajstić information content (AvgIpc) is 3.00. The first kappa shape index (κ1) is 18.2. The molecular weight excluding hydrogens is 370 g/mol. The minimum absolute atomic E-state index is 0.358. The van der Waals surface area contributed by atoms with Gasteiger partial charge in [0.25, 0.3) is 11.8 Å². The number of hydrogen-bond donors (Lipinski definition) is 2. The van der Waals surface area contributed by atoms with Crippen molar-refractivity contribution >= 4 is 34.9 Å². The summed E-state index contributed by atoms with van der Waals surface area (Å²) in [5, 5.41) is 5.42. The highest BCUT2D eigenvalue weighted by molar-refractivity contribution is 6.34. The normalized spacial score (nSPS) is 12.5. The number of nitrogens with zero attached hydrogens (tertiary/aromatic N) is 1. The summed E-state index contributed by atoms with van der Waals surface area (Å²) in [5.41, 5.74) is 2.36. The van der Waals surface area contributed by atoms with Crippen molar-refractivity contribution in [1.29, 1.82) is 0 Å². The van der Waals surface area contributed by atoms with Gasteiger partial charge in [-0.15, -0.1) is 0 Å². The molecule has 0 saturated heterocycles. The maximum atomic E-state index is 12.5. The molecule has 0 bridgehead atoms. The van der Waals surface area contributed by atoms with E-state index in [-0.39, 0.29) is 11.8 Å². The molecule has 7 nitrogen and oxygen atoms in total. The van der Waals surface area contributed by atoms with E-state index in [1.165, 1.54) is 0 Å². The lowest BCUT2D eigenvalue weighted by Crippen LogP contribution is -2.29. The van der Waals surface area contributed by atoms with Gasteiger partial charge in [0.05, 0.1) is 23.9 Å². The zero-order valence-electron chi connectivity index (χ0n) is 15.5. The Morgan fingerprint density at radius 1 is 0.759 bits per heavy atom. The molecule has 3 aromatic rings. The van der Waals surface area contributed by atoms with Crippen LogP contribution in [-0.4, -0.2) is 25.0 Å². The van der Waals surface area contributed by atoms with Crippen molar-refractivity contribution in [2.45, 2.75) is 0 Å². The zero-order valence-corrected chi connectivity index (χ0v) is 15.5. The largest absolute Gasteiger partial charge is 0.497 e. The molecule has 4 amide bonds. The van der Waals surface area contributed by atoms with Crippen molar-refractivity contribution in [1.82, 2.24) is 0 Å². The number of amides is 4. The van der Waals surface area contributed by atoms with Crippen molar-refractivity contribution in [2.75, 3.05) is 22.6 Å². The molecule has 7 heteroatoms. The van der Waals surface area contributed by atoms with Crippen LogP contribution in [0.3, 0.4) is 0 Å². The third-order valence-corrected chi connectivity index (χ3v) is 4.53. The van der Waals surface area contributed by atoms with E-state index in [4.69, 9.17) is 4.74 Å². The number of urea groups is 1. The maximum absolute atomic E-state index is 12.5. The lowest BCUT2D eigenvalue weighted by molar-refractivity contribution is 0.0926. The minimum atomic E-state index is -0.413. The molecule has 0 atom stereocenters. The van der Waals surface area contributed by atoms with Gasteiger partial charge in [-0.2, -0.15) is 0 Å². The number of rotatable bonds is 4. The van der Waals surface area contributed by atoms with Crippen LogP contribution < -0.4 is 20.3 Å². The van der Waals surface area contributed by atoms with Crippen molar-refractivity contribution in [3.8, 4) is 5.75 Å². The lowest BCUT2D eigenvalue weighted by Gasteiger charge is -2.15. The Hall–Kier alpha value is -4.13. The second kappa shape index (κ2) is 7.47. The van der Waals surface area contributed by atoms with Gasteiger partial charge < -0.3 is 15.4 Å². The first-order valence-corrected chi connectivity index (χ1v) is 8.87. The number of benzene rings is 3. The molecule has 0 aromatic heterocycles. The quantitative estimate of drug-likeness (QED) is 0.659. The highest BCUT2D eigenvalue weighted by Gasteiger charge is 2.36. The molecule has 0 spiro atoms. The SMILES string of the molecule is COc1ccc(NC(=O)Nc2ccc(N3C(=O)c4ccccc4C3=O)cc2)cc1. The molecule has 1 aliphatic heterocycles. The van der Waals surface area contributed by atoms with Crippen molar-refractivity contribution in [2.24, 2.45) is 0 Å². The smallest absolute Gasteiger partial charge is 0.323 e. The molecule has 144 valence electrons. The fourth-order valence-corrected chi connectivity index (χ4v) is 3.09. The second-order valence-corrected chi connectivity index (χ2v) is 6.35. The predicted molar refractivity (Wildman–Crippen MR) is 110 cm³/mol. The van der Waals surface area contributed by atoms with Crippen molar-refractivity contribution in [3.05, 3.63) is 83.9 Å². The summed E-state index contributed by atoms with van der Waals surface area (Å²) in [5.74, 6) is -0.0215. The summed E-state index contributed by atoms with van der Waals surface area (Å²) < 4.78 is 5.08. The first-order valence-electron chi connectivity index (χ1n) is 8.87. The molecule has 29 heavy (non-hydrogen) atoms. The number of hydrogen-bond acceptors (Lipinski definition) is 4. The number of fused-ring (bicyclic) bond motifs is 1. The summed E-state index contributed by atoms with van der Waals surface area (Å²) in [4.78, 5) is 38.4. The maximum Gasteiger partial charge on any atom is 0.323 e. The van der Waals surface area contributed by atoms with Crippen LogP contribution in [0.1, 0.15) is 20.7 Å². The Morgan fingerprint density at radius 2 is 1.24 bits per heavy atom. The molecule has 0 aliphatic carbocycles. The monoisotopic (exact) mass is 387 g/mol. The number of anilines is 3. The highest BCUT2D eigenvalue weighted by atomic mass is 16.5. The Labute approximate surface area is 166 Å². The number of carbonyl (C=O) groups is 3. The molecule has 4 rings (SSSR count). The third-order valence-electron chi connectivity index (χ3n) is 4.53. The van der Waals surface area contributed by atoms with Crippen LogP contribution in [0, 0.1) is 0 Å². The van der Waals surface area contributed by atoms with E-state index in [1.807, 2.05) is 0 Å². The van der Waals surface area contributed by atoms with Gasteiger partial charge in [0.1, 0.15) is 5.75 Å². The van der Waals surface area contributed by atoms with E-state index in [0.717, 1.165) is 4.90 Å². The first-order chi connectivity index (χ1) is 14.1. The Bertz CT molecular complexity index is 1060. The van der Waals surface area contributed by atoms with Gasteiger partial charge in [-0.25, -0.2) is 9.69 Å². The molecular formula is C22H17N3O4. The van der Waals surface area contributed by atoms with Gasteiger partial charge in [0.2, 0.25) is 0 Å². The van der Waals surface area contributed by atoms with Gasteiger partial charge in [0.15, 0.2) is 0 Å². The number of nitrogens with one attached hydrogen (secondary N) is 2. The van der Waals surface area contributed by atoms with Crippen LogP contribution in [0.15, 0.2) is 72.8 Å². The van der Waals surface area contributed by atoms with E-state index in [1.54, 1.807) is 79.9 Å².